The maximum atomic E-state index is 5.04. The van der Waals surface area contributed by atoms with E-state index in [1.165, 1.54) is 19.3 Å². The number of nitrogens with one attached hydrogen (secondary N) is 1. The molecule has 1 aliphatic carbocycles. The lowest BCUT2D eigenvalue weighted by Crippen LogP contribution is -2.52. The molecule has 1 saturated carbocycles. The van der Waals surface area contributed by atoms with Gasteiger partial charge >= 0.3 is 0 Å². The summed E-state index contributed by atoms with van der Waals surface area (Å²) in [7, 11) is 0. The van der Waals surface area contributed by atoms with E-state index in [0.29, 0.717) is 6.04 Å². The Labute approximate surface area is 55.6 Å². The summed E-state index contributed by atoms with van der Waals surface area (Å²) in [5.74, 6) is 0. The van der Waals surface area contributed by atoms with Crippen LogP contribution in [0.1, 0.15) is 19.3 Å². The highest BCUT2D eigenvalue weighted by Crippen LogP contribution is 2.19. The molecule has 0 bridgehead atoms. The van der Waals surface area contributed by atoms with Gasteiger partial charge in [0.2, 0.25) is 0 Å². The lowest BCUT2D eigenvalue weighted by molar-refractivity contribution is -0.0143. The first kappa shape index (κ1) is 5.69. The predicted molar refractivity (Wildman–Crippen MR) is 35.4 cm³/mol. The first-order chi connectivity index (χ1) is 4.45. The molecular formula is C7H13NO. The summed E-state index contributed by atoms with van der Waals surface area (Å²) < 4.78 is 5.04. The zero-order chi connectivity index (χ0) is 6.10. The summed E-state index contributed by atoms with van der Waals surface area (Å²) in [6, 6.07) is 1.52. The average molecular weight is 127 g/mol. The van der Waals surface area contributed by atoms with E-state index in [9.17, 15) is 0 Å². The van der Waals surface area contributed by atoms with Gasteiger partial charge in [-0.05, 0) is 12.8 Å². The zero-order valence-corrected chi connectivity index (χ0v) is 5.60. The predicted octanol–water partition coefficient (Wildman–Crippen LogP) is 0.527. The summed E-state index contributed by atoms with van der Waals surface area (Å²) in [6.07, 6.45) is 4.19. The smallest absolute Gasteiger partial charge is 0.0643 e. The molecule has 2 nitrogen and oxygen atoms in total. The van der Waals surface area contributed by atoms with Crippen molar-refractivity contribution in [3.05, 3.63) is 0 Å². The zero-order valence-electron chi connectivity index (χ0n) is 5.60. The van der Waals surface area contributed by atoms with E-state index in [2.05, 4.69) is 5.32 Å². The third-order valence-electron chi connectivity index (χ3n) is 2.21. The summed E-state index contributed by atoms with van der Waals surface area (Å²) in [5.41, 5.74) is 0. The Hall–Kier alpha value is -0.0800. The number of hydrogen-bond donors (Lipinski definition) is 1. The van der Waals surface area contributed by atoms with Gasteiger partial charge in [0, 0.05) is 6.04 Å². The van der Waals surface area contributed by atoms with E-state index in [-0.39, 0.29) is 0 Å². The number of rotatable bonds is 2. The van der Waals surface area contributed by atoms with Crippen LogP contribution in [0.15, 0.2) is 0 Å². The Bertz CT molecular complexity index is 85.1. The van der Waals surface area contributed by atoms with Crippen LogP contribution in [0.2, 0.25) is 0 Å². The van der Waals surface area contributed by atoms with Crippen LogP contribution in [-0.4, -0.2) is 25.3 Å². The Balaban J connectivity index is 1.64. The van der Waals surface area contributed by atoms with Gasteiger partial charge < -0.3 is 10.1 Å². The molecule has 9 heavy (non-hydrogen) atoms. The fourth-order valence-electron chi connectivity index (χ4n) is 1.24. The van der Waals surface area contributed by atoms with E-state index >= 15 is 0 Å². The van der Waals surface area contributed by atoms with Crippen LogP contribution in [0.4, 0.5) is 0 Å². The maximum absolute atomic E-state index is 5.04. The molecule has 52 valence electrons. The van der Waals surface area contributed by atoms with E-state index in [1.54, 1.807) is 0 Å². The molecule has 0 spiro atoms. The van der Waals surface area contributed by atoms with Crippen molar-refractivity contribution in [1.82, 2.24) is 5.32 Å². The van der Waals surface area contributed by atoms with Crippen molar-refractivity contribution in [3.63, 3.8) is 0 Å². The maximum Gasteiger partial charge on any atom is 0.0643 e. The Kier molecular flexibility index (Phi) is 1.44. The average Bonchev–Trinajstić information content (AvgIpc) is 1.57. The molecule has 1 N–H and O–H groups in total. The van der Waals surface area contributed by atoms with Crippen molar-refractivity contribution in [1.29, 1.82) is 0 Å². The third-order valence-corrected chi connectivity index (χ3v) is 2.21. The normalized spacial score (nSPS) is 29.3. The highest BCUT2D eigenvalue weighted by atomic mass is 16.5. The van der Waals surface area contributed by atoms with Crippen molar-refractivity contribution in [3.8, 4) is 0 Å². The van der Waals surface area contributed by atoms with Crippen LogP contribution >= 0.6 is 0 Å². The van der Waals surface area contributed by atoms with Crippen molar-refractivity contribution in [2.75, 3.05) is 13.2 Å². The Morgan fingerprint density at radius 2 is 1.89 bits per heavy atom. The standard InChI is InChI=1S/C7H13NO/c1-2-6(3-1)8-7-4-9-5-7/h6-8H,1-5H2. The van der Waals surface area contributed by atoms with Crippen molar-refractivity contribution >= 4 is 0 Å². The van der Waals surface area contributed by atoms with Gasteiger partial charge in [0.1, 0.15) is 0 Å². The van der Waals surface area contributed by atoms with Crippen LogP contribution in [0.3, 0.4) is 0 Å². The van der Waals surface area contributed by atoms with Crippen LogP contribution in [0.25, 0.3) is 0 Å². The first-order valence-electron chi connectivity index (χ1n) is 3.79. The van der Waals surface area contributed by atoms with Gasteiger partial charge in [-0.25, -0.2) is 0 Å². The second-order valence-electron chi connectivity index (χ2n) is 3.03. The van der Waals surface area contributed by atoms with Gasteiger partial charge in [0.05, 0.1) is 19.3 Å². The van der Waals surface area contributed by atoms with Gasteiger partial charge in [0.25, 0.3) is 0 Å². The molecule has 0 atom stereocenters. The first-order valence-corrected chi connectivity index (χ1v) is 3.79. The van der Waals surface area contributed by atoms with E-state index in [0.717, 1.165) is 19.3 Å². The summed E-state index contributed by atoms with van der Waals surface area (Å²) in [5, 5.41) is 3.53. The fraction of sp³-hybridized carbons (Fsp3) is 1.00. The van der Waals surface area contributed by atoms with E-state index in [1.807, 2.05) is 0 Å². The molecule has 2 fully saturated rings. The third kappa shape index (κ3) is 1.10. The minimum absolute atomic E-state index is 0.690. The second kappa shape index (κ2) is 2.27. The van der Waals surface area contributed by atoms with Crippen LogP contribution in [0.5, 0.6) is 0 Å². The second-order valence-corrected chi connectivity index (χ2v) is 3.03. The molecule has 2 heteroatoms. The monoisotopic (exact) mass is 127 g/mol. The van der Waals surface area contributed by atoms with Crippen LogP contribution < -0.4 is 5.32 Å². The molecule has 0 radical (unpaired) electrons. The largest absolute Gasteiger partial charge is 0.378 e. The van der Waals surface area contributed by atoms with Crippen LogP contribution in [-0.2, 0) is 4.74 Å². The van der Waals surface area contributed by atoms with Gasteiger partial charge in [-0.1, -0.05) is 6.42 Å². The lowest BCUT2D eigenvalue weighted by atomic mass is 9.92. The fourth-order valence-corrected chi connectivity index (χ4v) is 1.24. The summed E-state index contributed by atoms with van der Waals surface area (Å²) >= 11 is 0. The topological polar surface area (TPSA) is 21.3 Å². The van der Waals surface area contributed by atoms with Gasteiger partial charge in [-0.15, -0.1) is 0 Å². The summed E-state index contributed by atoms with van der Waals surface area (Å²) in [6.45, 7) is 1.88. The molecule has 0 unspecified atom stereocenters. The highest BCUT2D eigenvalue weighted by molar-refractivity contribution is 4.83. The summed E-state index contributed by atoms with van der Waals surface area (Å²) in [4.78, 5) is 0. The van der Waals surface area contributed by atoms with E-state index in [4.69, 9.17) is 4.74 Å². The van der Waals surface area contributed by atoms with Gasteiger partial charge in [0.15, 0.2) is 0 Å². The number of hydrogen-bond acceptors (Lipinski definition) is 2. The van der Waals surface area contributed by atoms with Crippen LogP contribution in [0, 0.1) is 0 Å². The minimum atomic E-state index is 0.690. The number of ether oxygens (including phenoxy) is 1. The quantitative estimate of drug-likeness (QED) is 0.584. The molecule has 0 aromatic carbocycles. The van der Waals surface area contributed by atoms with Gasteiger partial charge in [-0.2, -0.15) is 0 Å². The lowest BCUT2D eigenvalue weighted by Gasteiger charge is -2.35. The Morgan fingerprint density at radius 3 is 2.22 bits per heavy atom. The van der Waals surface area contributed by atoms with E-state index < -0.39 is 0 Å². The minimum Gasteiger partial charge on any atom is -0.378 e. The molecule has 0 amide bonds. The molecule has 0 aromatic heterocycles. The van der Waals surface area contributed by atoms with Crippen molar-refractivity contribution < 1.29 is 4.74 Å². The highest BCUT2D eigenvalue weighted by Gasteiger charge is 2.24. The molecule has 2 rings (SSSR count). The van der Waals surface area contributed by atoms with Gasteiger partial charge in [-0.3, -0.25) is 0 Å². The SMILES string of the molecule is C1CC(NC2COC2)C1. The molecule has 1 aliphatic heterocycles. The Morgan fingerprint density at radius 1 is 1.11 bits per heavy atom. The molecular weight excluding hydrogens is 114 g/mol. The molecule has 0 aromatic rings. The molecule has 1 heterocycles. The van der Waals surface area contributed by atoms with Crippen molar-refractivity contribution in [2.45, 2.75) is 31.3 Å². The molecule has 1 saturated heterocycles. The molecule has 2 aliphatic rings. The van der Waals surface area contributed by atoms with Crippen molar-refractivity contribution in [2.24, 2.45) is 0 Å².